The van der Waals surface area contributed by atoms with E-state index in [4.69, 9.17) is 0 Å². The highest BCUT2D eigenvalue weighted by Crippen LogP contribution is 2.51. The van der Waals surface area contributed by atoms with Crippen molar-refractivity contribution in [2.45, 2.75) is 19.3 Å². The van der Waals surface area contributed by atoms with Crippen LogP contribution >= 0.6 is 0 Å². The molecule has 0 heterocycles. The number of fused-ring (bicyclic) bond motifs is 8. The summed E-state index contributed by atoms with van der Waals surface area (Å²) < 4.78 is 0. The first-order chi connectivity index (χ1) is 25.5. The zero-order chi connectivity index (χ0) is 34.8. The molecule has 0 atom stereocenters. The number of benzene rings is 9. The number of hydrogen-bond acceptors (Lipinski definition) is 1. The van der Waals surface area contributed by atoms with Crippen molar-refractivity contribution in [2.75, 3.05) is 4.90 Å². The Bertz CT molecular complexity index is 2790. The molecule has 52 heavy (non-hydrogen) atoms. The lowest BCUT2D eigenvalue weighted by Crippen LogP contribution is -2.16. The largest absolute Gasteiger partial charge is 0.310 e. The van der Waals surface area contributed by atoms with Crippen molar-refractivity contribution >= 4 is 49.4 Å². The van der Waals surface area contributed by atoms with Crippen LogP contribution in [0, 0.1) is 0 Å². The Kier molecular flexibility index (Phi) is 6.91. The summed E-state index contributed by atoms with van der Waals surface area (Å²) in [5.74, 6) is 0. The second kappa shape index (κ2) is 11.8. The number of anilines is 3. The molecular formula is C51H37N. The molecule has 0 radical (unpaired) electrons. The third kappa shape index (κ3) is 4.77. The first-order valence-corrected chi connectivity index (χ1v) is 18.2. The lowest BCUT2D eigenvalue weighted by atomic mass is 9.82. The molecule has 0 spiro atoms. The van der Waals surface area contributed by atoms with Crippen LogP contribution in [0.5, 0.6) is 0 Å². The second-order valence-corrected chi connectivity index (χ2v) is 14.6. The molecule has 0 aliphatic heterocycles. The van der Waals surface area contributed by atoms with Crippen molar-refractivity contribution in [1.82, 2.24) is 0 Å². The molecule has 1 nitrogen and oxygen atoms in total. The third-order valence-electron chi connectivity index (χ3n) is 11.2. The van der Waals surface area contributed by atoms with E-state index < -0.39 is 0 Å². The van der Waals surface area contributed by atoms with Crippen LogP contribution in [0.2, 0.25) is 0 Å². The lowest BCUT2D eigenvalue weighted by Gasteiger charge is -2.28. The molecule has 10 rings (SSSR count). The number of rotatable bonds is 5. The van der Waals surface area contributed by atoms with Gasteiger partial charge in [0, 0.05) is 22.5 Å². The van der Waals surface area contributed by atoms with E-state index in [9.17, 15) is 0 Å². The molecule has 0 aromatic heterocycles. The van der Waals surface area contributed by atoms with Crippen LogP contribution in [0.1, 0.15) is 25.0 Å². The summed E-state index contributed by atoms with van der Waals surface area (Å²) in [6, 6.07) is 69.2. The lowest BCUT2D eigenvalue weighted by molar-refractivity contribution is 0.660. The Morgan fingerprint density at radius 1 is 0.346 bits per heavy atom. The Hall–Kier alpha value is -6.44. The first kappa shape index (κ1) is 30.4. The topological polar surface area (TPSA) is 3.24 Å². The Labute approximate surface area is 305 Å². The van der Waals surface area contributed by atoms with Crippen molar-refractivity contribution in [3.05, 3.63) is 199 Å². The Morgan fingerprint density at radius 2 is 0.923 bits per heavy atom. The van der Waals surface area contributed by atoms with E-state index in [-0.39, 0.29) is 5.41 Å². The van der Waals surface area contributed by atoms with Crippen LogP contribution in [0.4, 0.5) is 17.1 Å². The van der Waals surface area contributed by atoms with Crippen molar-refractivity contribution in [3.63, 3.8) is 0 Å². The molecule has 1 aliphatic carbocycles. The minimum Gasteiger partial charge on any atom is -0.310 e. The van der Waals surface area contributed by atoms with Crippen LogP contribution in [0.25, 0.3) is 65.7 Å². The van der Waals surface area contributed by atoms with Gasteiger partial charge in [0.15, 0.2) is 0 Å². The second-order valence-electron chi connectivity index (χ2n) is 14.6. The SMILES string of the molecule is CC1(C)c2ccccc2-c2ccc(N(c3ccc(-c4ccccc4)cc3)c3ccc(-c4cc5ccccc5c5ccc6ccccc6c45)cc3)cc21. The predicted molar refractivity (Wildman–Crippen MR) is 222 cm³/mol. The van der Waals surface area contributed by atoms with Crippen LogP contribution in [0.3, 0.4) is 0 Å². The average molecular weight is 664 g/mol. The molecule has 0 fully saturated rings. The van der Waals surface area contributed by atoms with Gasteiger partial charge < -0.3 is 4.90 Å². The summed E-state index contributed by atoms with van der Waals surface area (Å²) in [7, 11) is 0. The third-order valence-corrected chi connectivity index (χ3v) is 11.2. The fourth-order valence-corrected chi connectivity index (χ4v) is 8.61. The molecule has 0 saturated heterocycles. The zero-order valence-electron chi connectivity index (χ0n) is 29.3. The van der Waals surface area contributed by atoms with E-state index in [2.05, 4.69) is 207 Å². The first-order valence-electron chi connectivity index (χ1n) is 18.2. The minimum absolute atomic E-state index is 0.0887. The van der Waals surface area contributed by atoms with Crippen molar-refractivity contribution < 1.29 is 0 Å². The molecule has 0 saturated carbocycles. The van der Waals surface area contributed by atoms with Crippen molar-refractivity contribution in [3.8, 4) is 33.4 Å². The van der Waals surface area contributed by atoms with E-state index >= 15 is 0 Å². The van der Waals surface area contributed by atoms with Gasteiger partial charge in [-0.3, -0.25) is 0 Å². The normalized spacial score (nSPS) is 13.0. The van der Waals surface area contributed by atoms with Gasteiger partial charge in [-0.2, -0.15) is 0 Å². The van der Waals surface area contributed by atoms with Gasteiger partial charge in [0.25, 0.3) is 0 Å². The molecule has 1 aliphatic rings. The summed E-state index contributed by atoms with van der Waals surface area (Å²) in [5.41, 5.74) is 13.6. The number of nitrogens with zero attached hydrogens (tertiary/aromatic N) is 1. The minimum atomic E-state index is -0.0887. The average Bonchev–Trinajstić information content (AvgIpc) is 3.44. The van der Waals surface area contributed by atoms with Gasteiger partial charge in [0.2, 0.25) is 0 Å². The van der Waals surface area contributed by atoms with E-state index in [0.717, 1.165) is 17.1 Å². The standard InChI is InChI=1S/C51H37N/c1-51(2)48-19-11-10-18-44(48)45-31-29-41(33-49(45)51)52(39-25-20-35(21-26-39)34-12-4-3-5-13-34)40-27-22-37(23-28-40)47-32-38-15-7-8-16-42(38)46-30-24-36-14-6-9-17-43(36)50(46)47/h3-33H,1-2H3. The van der Waals surface area contributed by atoms with Gasteiger partial charge in [-0.1, -0.05) is 159 Å². The van der Waals surface area contributed by atoms with Crippen molar-refractivity contribution in [1.29, 1.82) is 0 Å². The molecule has 0 amide bonds. The molecule has 0 unspecified atom stereocenters. The fourth-order valence-electron chi connectivity index (χ4n) is 8.61. The van der Waals surface area contributed by atoms with Gasteiger partial charge in [-0.25, -0.2) is 0 Å². The van der Waals surface area contributed by atoms with Crippen LogP contribution < -0.4 is 4.90 Å². The van der Waals surface area contributed by atoms with Crippen molar-refractivity contribution in [2.24, 2.45) is 0 Å². The summed E-state index contributed by atoms with van der Waals surface area (Å²) >= 11 is 0. The van der Waals surface area contributed by atoms with E-state index in [1.54, 1.807) is 0 Å². The summed E-state index contributed by atoms with van der Waals surface area (Å²) in [6.45, 7) is 4.71. The maximum atomic E-state index is 2.41. The molecule has 9 aromatic rings. The zero-order valence-corrected chi connectivity index (χ0v) is 29.3. The van der Waals surface area contributed by atoms with E-state index in [1.165, 1.54) is 76.8 Å². The Morgan fingerprint density at radius 3 is 1.69 bits per heavy atom. The molecule has 0 N–H and O–H groups in total. The fraction of sp³-hybridized carbons (Fsp3) is 0.0588. The maximum Gasteiger partial charge on any atom is 0.0465 e. The Balaban J connectivity index is 1.13. The van der Waals surface area contributed by atoms with Gasteiger partial charge in [-0.15, -0.1) is 0 Å². The highest BCUT2D eigenvalue weighted by Gasteiger charge is 2.35. The smallest absolute Gasteiger partial charge is 0.0465 e. The van der Waals surface area contributed by atoms with Gasteiger partial charge in [-0.05, 0) is 119 Å². The van der Waals surface area contributed by atoms with E-state index in [0.29, 0.717) is 0 Å². The monoisotopic (exact) mass is 663 g/mol. The van der Waals surface area contributed by atoms with Crippen LogP contribution in [0.15, 0.2) is 188 Å². The van der Waals surface area contributed by atoms with Gasteiger partial charge in [0.1, 0.15) is 0 Å². The predicted octanol–water partition coefficient (Wildman–Crippen LogP) is 14.3. The summed E-state index contributed by atoms with van der Waals surface area (Å²) in [5, 5.41) is 7.68. The highest BCUT2D eigenvalue weighted by molar-refractivity contribution is 6.23. The molecule has 0 bridgehead atoms. The summed E-state index contributed by atoms with van der Waals surface area (Å²) in [6.07, 6.45) is 0. The molecular weight excluding hydrogens is 627 g/mol. The highest BCUT2D eigenvalue weighted by atomic mass is 15.1. The molecule has 1 heteroatoms. The van der Waals surface area contributed by atoms with E-state index in [1.807, 2.05) is 0 Å². The van der Waals surface area contributed by atoms with Gasteiger partial charge >= 0.3 is 0 Å². The van der Waals surface area contributed by atoms with Gasteiger partial charge in [0.05, 0.1) is 0 Å². The molecule has 246 valence electrons. The maximum absolute atomic E-state index is 2.41. The van der Waals surface area contributed by atoms with Crippen LogP contribution in [-0.2, 0) is 5.41 Å². The quantitative estimate of drug-likeness (QED) is 0.166. The number of hydrogen-bond donors (Lipinski definition) is 0. The molecule has 9 aromatic carbocycles. The van der Waals surface area contributed by atoms with Crippen LogP contribution in [-0.4, -0.2) is 0 Å². The summed E-state index contributed by atoms with van der Waals surface area (Å²) in [4.78, 5) is 2.41.